The topological polar surface area (TPSA) is 121 Å². The van der Waals surface area contributed by atoms with Crippen LogP contribution in [0.25, 0.3) is 0 Å². The number of aliphatic hydroxyl groups excluding tert-OH is 2. The fourth-order valence-corrected chi connectivity index (χ4v) is 7.79. The maximum Gasteiger partial charge on any atom is 0.217 e. The Morgan fingerprint density at radius 3 is 2.74 bits per heavy atom. The molecule has 4 rings (SSSR count). The summed E-state index contributed by atoms with van der Waals surface area (Å²) in [4.78, 5) is 22.9. The zero-order chi connectivity index (χ0) is 22.6. The predicted octanol–water partition coefficient (Wildman–Crippen LogP) is 2.40. The van der Waals surface area contributed by atoms with Crippen molar-refractivity contribution < 1.29 is 24.9 Å². The Bertz CT molecular complexity index is 821. The van der Waals surface area contributed by atoms with E-state index in [1.807, 2.05) is 13.0 Å². The highest BCUT2D eigenvalue weighted by Gasteiger charge is 2.67. The van der Waals surface area contributed by atoms with Gasteiger partial charge in [0.1, 0.15) is 0 Å². The van der Waals surface area contributed by atoms with Crippen LogP contribution in [0.1, 0.15) is 71.6 Å². The molecule has 3 saturated carbocycles. The van der Waals surface area contributed by atoms with Gasteiger partial charge >= 0.3 is 0 Å². The summed E-state index contributed by atoms with van der Waals surface area (Å²) in [5.41, 5.74) is 4.18. The molecule has 0 spiro atoms. The van der Waals surface area contributed by atoms with Crippen molar-refractivity contribution in [2.24, 2.45) is 34.3 Å². The van der Waals surface area contributed by atoms with Crippen molar-refractivity contribution >= 4 is 11.7 Å². The number of unbranched alkanes of at least 4 members (excludes halogenated alkanes) is 1. The summed E-state index contributed by atoms with van der Waals surface area (Å²) in [5, 5.41) is 34.1. The Balaban J connectivity index is 1.56. The van der Waals surface area contributed by atoms with Gasteiger partial charge in [0.15, 0.2) is 5.78 Å². The standard InChI is InChI=1S/C25H37NO5/c1-23-11-9-16(27)13-15(23)7-8-17-18-10-12-25(31,20(29)5-3-4-6-21(26)30)24(18,2)14-19(28)22(17)23/h9,11,13,17-20,22,28-29,31H,3-8,10,12,14H2,1-2H3,(H2,26,30)/t17-,18-,19?,20?,22+,23-,24-,25-/m0/s1. The van der Waals surface area contributed by atoms with Gasteiger partial charge in [-0.05, 0) is 68.9 Å². The maximum atomic E-state index is 11.9. The van der Waals surface area contributed by atoms with Crippen LogP contribution in [-0.4, -0.2) is 44.8 Å². The number of hydrogen-bond acceptors (Lipinski definition) is 5. The minimum absolute atomic E-state index is 0.0185. The Kier molecular flexibility index (Phi) is 5.72. The third-order valence-electron chi connectivity index (χ3n) is 9.41. The fourth-order valence-electron chi connectivity index (χ4n) is 7.79. The van der Waals surface area contributed by atoms with Crippen LogP contribution in [0.15, 0.2) is 23.8 Å². The van der Waals surface area contributed by atoms with E-state index in [1.54, 1.807) is 12.2 Å². The van der Waals surface area contributed by atoms with Gasteiger partial charge in [0.2, 0.25) is 5.91 Å². The quantitative estimate of drug-likeness (QED) is 0.481. The van der Waals surface area contributed by atoms with Gasteiger partial charge in [-0.2, -0.15) is 0 Å². The SMILES string of the molecule is C[C@]12C=CC(=O)C=C1CC[C@@H]1[C@@H]2C(O)C[C@@]2(C)[C@H]1CC[C@]2(O)C(O)CCCCC(N)=O. The van der Waals surface area contributed by atoms with Crippen molar-refractivity contribution in [1.82, 2.24) is 0 Å². The van der Waals surface area contributed by atoms with Gasteiger partial charge in [-0.25, -0.2) is 0 Å². The number of allylic oxidation sites excluding steroid dienone is 4. The molecule has 0 saturated heterocycles. The highest BCUT2D eigenvalue weighted by Crippen LogP contribution is 2.67. The molecule has 0 aromatic heterocycles. The number of fused-ring (bicyclic) bond motifs is 5. The summed E-state index contributed by atoms with van der Waals surface area (Å²) < 4.78 is 0. The van der Waals surface area contributed by atoms with E-state index in [0.717, 1.165) is 24.8 Å². The lowest BCUT2D eigenvalue weighted by Gasteiger charge is -2.60. The molecule has 3 fully saturated rings. The number of hydrogen-bond donors (Lipinski definition) is 4. The largest absolute Gasteiger partial charge is 0.393 e. The Morgan fingerprint density at radius 1 is 1.29 bits per heavy atom. The molecule has 172 valence electrons. The molecule has 31 heavy (non-hydrogen) atoms. The van der Waals surface area contributed by atoms with E-state index in [-0.39, 0.29) is 41.3 Å². The zero-order valence-corrected chi connectivity index (χ0v) is 18.7. The zero-order valence-electron chi connectivity index (χ0n) is 18.7. The normalized spacial score (nSPS) is 44.8. The first-order chi connectivity index (χ1) is 14.5. The number of carbonyl (C=O) groups excluding carboxylic acids is 2. The van der Waals surface area contributed by atoms with Crippen molar-refractivity contribution in [2.75, 3.05) is 0 Å². The van der Waals surface area contributed by atoms with Gasteiger partial charge < -0.3 is 21.1 Å². The van der Waals surface area contributed by atoms with Crippen molar-refractivity contribution in [3.63, 3.8) is 0 Å². The Labute approximate surface area is 184 Å². The van der Waals surface area contributed by atoms with E-state index in [4.69, 9.17) is 5.73 Å². The van der Waals surface area contributed by atoms with Gasteiger partial charge in [0.25, 0.3) is 0 Å². The molecule has 0 radical (unpaired) electrons. The molecule has 2 unspecified atom stereocenters. The van der Waals surface area contributed by atoms with Crippen molar-refractivity contribution in [3.8, 4) is 0 Å². The average molecular weight is 432 g/mol. The molecule has 0 bridgehead atoms. The van der Waals surface area contributed by atoms with Crippen molar-refractivity contribution in [1.29, 1.82) is 0 Å². The first kappa shape index (κ1) is 22.7. The van der Waals surface area contributed by atoms with Crippen LogP contribution in [-0.2, 0) is 9.59 Å². The lowest BCUT2D eigenvalue weighted by Crippen LogP contribution is -2.62. The van der Waals surface area contributed by atoms with E-state index in [2.05, 4.69) is 6.92 Å². The van der Waals surface area contributed by atoms with E-state index in [9.17, 15) is 24.9 Å². The van der Waals surface area contributed by atoms with E-state index >= 15 is 0 Å². The Morgan fingerprint density at radius 2 is 2.03 bits per heavy atom. The molecule has 0 aromatic carbocycles. The summed E-state index contributed by atoms with van der Waals surface area (Å²) in [6.45, 7) is 4.18. The summed E-state index contributed by atoms with van der Waals surface area (Å²) in [7, 11) is 0. The minimum atomic E-state index is -1.24. The summed E-state index contributed by atoms with van der Waals surface area (Å²) >= 11 is 0. The number of carbonyl (C=O) groups is 2. The molecule has 0 aliphatic heterocycles. The molecule has 4 aliphatic rings. The number of rotatable bonds is 6. The molecule has 6 nitrogen and oxygen atoms in total. The fraction of sp³-hybridized carbons (Fsp3) is 0.760. The van der Waals surface area contributed by atoms with Gasteiger partial charge in [0, 0.05) is 23.2 Å². The average Bonchev–Trinajstić information content (AvgIpc) is 2.97. The highest BCUT2D eigenvalue weighted by molar-refractivity contribution is 6.01. The highest BCUT2D eigenvalue weighted by atomic mass is 16.3. The second-order valence-corrected chi connectivity index (χ2v) is 10.9. The lowest BCUT2D eigenvalue weighted by molar-refractivity contribution is -0.199. The number of ketones is 1. The van der Waals surface area contributed by atoms with Crippen LogP contribution in [0.2, 0.25) is 0 Å². The van der Waals surface area contributed by atoms with Gasteiger partial charge in [-0.3, -0.25) is 9.59 Å². The first-order valence-electron chi connectivity index (χ1n) is 11.8. The molecule has 0 heterocycles. The van der Waals surface area contributed by atoms with Crippen LogP contribution in [0.4, 0.5) is 0 Å². The minimum Gasteiger partial charge on any atom is -0.393 e. The molecule has 0 aromatic rings. The van der Waals surface area contributed by atoms with E-state index < -0.39 is 23.2 Å². The predicted molar refractivity (Wildman–Crippen MR) is 117 cm³/mol. The molecule has 1 amide bonds. The first-order valence-corrected chi connectivity index (χ1v) is 11.8. The second kappa shape index (κ2) is 7.82. The molecular weight excluding hydrogens is 394 g/mol. The lowest BCUT2D eigenvalue weighted by atomic mass is 9.46. The van der Waals surface area contributed by atoms with Crippen LogP contribution in [0, 0.1) is 28.6 Å². The third-order valence-corrected chi connectivity index (χ3v) is 9.41. The van der Waals surface area contributed by atoms with Gasteiger partial charge in [0.05, 0.1) is 17.8 Å². The number of amides is 1. The monoisotopic (exact) mass is 431 g/mol. The van der Waals surface area contributed by atoms with Gasteiger partial charge in [-0.15, -0.1) is 0 Å². The second-order valence-electron chi connectivity index (χ2n) is 10.9. The van der Waals surface area contributed by atoms with E-state index in [1.165, 1.54) is 0 Å². The van der Waals surface area contributed by atoms with Gasteiger partial charge in [-0.1, -0.05) is 31.9 Å². The molecule has 5 N–H and O–H groups in total. The van der Waals surface area contributed by atoms with E-state index in [0.29, 0.717) is 32.1 Å². The number of nitrogens with two attached hydrogens (primary N) is 1. The molecule has 8 atom stereocenters. The van der Waals surface area contributed by atoms with Crippen molar-refractivity contribution in [2.45, 2.75) is 89.4 Å². The van der Waals surface area contributed by atoms with Crippen LogP contribution < -0.4 is 5.73 Å². The van der Waals surface area contributed by atoms with Crippen molar-refractivity contribution in [3.05, 3.63) is 23.8 Å². The number of aliphatic hydroxyl groups is 3. The third kappa shape index (κ3) is 3.42. The van der Waals surface area contributed by atoms with Crippen LogP contribution in [0.3, 0.4) is 0 Å². The summed E-state index contributed by atoms with van der Waals surface area (Å²) in [6.07, 6.45) is 9.35. The maximum absolute atomic E-state index is 11.9. The van der Waals surface area contributed by atoms with Crippen LogP contribution >= 0.6 is 0 Å². The number of primary amides is 1. The molecule has 6 heteroatoms. The smallest absolute Gasteiger partial charge is 0.217 e. The molecule has 4 aliphatic carbocycles. The summed E-state index contributed by atoms with van der Waals surface area (Å²) in [6, 6.07) is 0. The molecular formula is C25H37NO5. The van der Waals surface area contributed by atoms with Crippen LogP contribution in [0.5, 0.6) is 0 Å². The Hall–Kier alpha value is -1.50. The summed E-state index contributed by atoms with van der Waals surface area (Å²) in [5.74, 6) is 0.154.